The molecule has 1 amide bonds. The number of benzene rings is 3. The fourth-order valence-electron chi connectivity index (χ4n) is 3.54. The van der Waals surface area contributed by atoms with Crippen molar-refractivity contribution in [1.29, 1.82) is 0 Å². The third-order valence-corrected chi connectivity index (χ3v) is 6.52. The molecule has 0 saturated heterocycles. The summed E-state index contributed by atoms with van der Waals surface area (Å²) in [5, 5.41) is 0. The molecule has 0 heterocycles. The maximum atomic E-state index is 12.4. The highest BCUT2D eigenvalue weighted by atomic mass is 32.2. The molecule has 0 fully saturated rings. The smallest absolute Gasteiger partial charge is 0.410 e. The van der Waals surface area contributed by atoms with Crippen molar-refractivity contribution in [1.82, 2.24) is 4.90 Å². The van der Waals surface area contributed by atoms with Gasteiger partial charge in [0.25, 0.3) is 0 Å². The van der Waals surface area contributed by atoms with E-state index in [0.29, 0.717) is 6.54 Å². The summed E-state index contributed by atoms with van der Waals surface area (Å²) in [4.78, 5) is 14.1. The molecule has 0 unspecified atom stereocenters. The fraction of sp³-hybridized carbons (Fsp3) is 0.296. The number of ether oxygens (including phenoxy) is 1. The van der Waals surface area contributed by atoms with Gasteiger partial charge in [0.05, 0.1) is 4.75 Å². The molecule has 0 aromatic heterocycles. The molecule has 31 heavy (non-hydrogen) atoms. The van der Waals surface area contributed by atoms with Crippen molar-refractivity contribution in [3.63, 3.8) is 0 Å². The number of carbonyl (C=O) groups excluding carboxylic acids is 1. The Morgan fingerprint density at radius 3 is 1.52 bits per heavy atom. The predicted octanol–water partition coefficient (Wildman–Crippen LogP) is 6.58. The van der Waals surface area contributed by atoms with Crippen LogP contribution in [0.25, 0.3) is 0 Å². The van der Waals surface area contributed by atoms with E-state index in [1.165, 1.54) is 16.7 Å². The first-order chi connectivity index (χ1) is 14.8. The lowest BCUT2D eigenvalue weighted by Gasteiger charge is -2.36. The number of thioether (sulfide) groups is 1. The first-order valence-electron chi connectivity index (χ1n) is 10.6. The van der Waals surface area contributed by atoms with E-state index in [2.05, 4.69) is 72.8 Å². The maximum Gasteiger partial charge on any atom is 0.410 e. The largest absolute Gasteiger partial charge is 0.444 e. The van der Waals surface area contributed by atoms with E-state index in [4.69, 9.17) is 4.74 Å². The lowest BCUT2D eigenvalue weighted by molar-refractivity contribution is 0.0309. The second-order valence-corrected chi connectivity index (χ2v) is 9.84. The van der Waals surface area contributed by atoms with Crippen LogP contribution >= 0.6 is 11.8 Å². The SMILES string of the molecule is CN(CCSC(c1ccccc1)(c1ccccc1)c1ccccc1)C(=O)OC(C)(C)C. The molecule has 0 N–H and O–H groups in total. The van der Waals surface area contributed by atoms with Crippen molar-refractivity contribution < 1.29 is 9.53 Å². The normalized spacial score (nSPS) is 11.7. The molecular formula is C27H31NO2S. The molecule has 3 aromatic carbocycles. The maximum absolute atomic E-state index is 12.4. The van der Waals surface area contributed by atoms with Crippen LogP contribution in [0, 0.1) is 0 Å². The standard InChI is InChI=1S/C27H31NO2S/c1-26(2,3)30-25(29)28(4)20-21-31-27(22-14-8-5-9-15-22,23-16-10-6-11-17-23)24-18-12-7-13-19-24/h5-19H,20-21H2,1-4H3. The summed E-state index contributed by atoms with van der Waals surface area (Å²) in [6.45, 7) is 6.25. The Labute approximate surface area is 190 Å². The second-order valence-electron chi connectivity index (χ2n) is 8.53. The summed E-state index contributed by atoms with van der Waals surface area (Å²) in [5.41, 5.74) is 3.16. The van der Waals surface area contributed by atoms with Crippen LogP contribution < -0.4 is 0 Å². The molecule has 0 aliphatic carbocycles. The second kappa shape index (κ2) is 10.1. The minimum atomic E-state index is -0.500. The van der Waals surface area contributed by atoms with Gasteiger partial charge in [-0.15, -0.1) is 11.8 Å². The average molecular weight is 434 g/mol. The Kier molecular flexibility index (Phi) is 7.45. The van der Waals surface area contributed by atoms with Gasteiger partial charge < -0.3 is 9.64 Å². The monoisotopic (exact) mass is 433 g/mol. The first-order valence-corrected chi connectivity index (χ1v) is 11.6. The Morgan fingerprint density at radius 1 is 0.774 bits per heavy atom. The van der Waals surface area contributed by atoms with Crippen molar-refractivity contribution in [3.8, 4) is 0 Å². The fourth-order valence-corrected chi connectivity index (χ4v) is 5.11. The van der Waals surface area contributed by atoms with Gasteiger partial charge in [-0.05, 0) is 37.5 Å². The number of nitrogens with zero attached hydrogens (tertiary/aromatic N) is 1. The minimum Gasteiger partial charge on any atom is -0.444 e. The quantitative estimate of drug-likeness (QED) is 0.394. The molecule has 0 aliphatic rings. The highest BCUT2D eigenvalue weighted by Gasteiger charge is 2.36. The van der Waals surface area contributed by atoms with Crippen molar-refractivity contribution in [2.75, 3.05) is 19.3 Å². The van der Waals surface area contributed by atoms with Gasteiger partial charge in [0.2, 0.25) is 0 Å². The van der Waals surface area contributed by atoms with E-state index in [1.54, 1.807) is 11.9 Å². The Hall–Kier alpha value is -2.72. The van der Waals surface area contributed by atoms with Crippen molar-refractivity contribution >= 4 is 17.9 Å². The first kappa shape index (κ1) is 23.0. The summed E-state index contributed by atoms with van der Waals surface area (Å²) >= 11 is 1.84. The predicted molar refractivity (Wildman–Crippen MR) is 131 cm³/mol. The topological polar surface area (TPSA) is 29.5 Å². The number of rotatable bonds is 7. The molecule has 4 heteroatoms. The van der Waals surface area contributed by atoms with E-state index >= 15 is 0 Å². The van der Waals surface area contributed by atoms with Crippen LogP contribution in [0.4, 0.5) is 4.79 Å². The number of hydrogen-bond acceptors (Lipinski definition) is 3. The van der Waals surface area contributed by atoms with Crippen LogP contribution in [-0.4, -0.2) is 35.9 Å². The molecule has 0 spiro atoms. The lowest BCUT2D eigenvalue weighted by Crippen LogP contribution is -2.36. The highest BCUT2D eigenvalue weighted by molar-refractivity contribution is 8.00. The van der Waals surface area contributed by atoms with E-state index in [1.807, 2.05) is 50.7 Å². The van der Waals surface area contributed by atoms with E-state index < -0.39 is 5.60 Å². The summed E-state index contributed by atoms with van der Waals surface area (Å²) in [5.74, 6) is 0.758. The third kappa shape index (κ3) is 5.71. The number of hydrogen-bond donors (Lipinski definition) is 0. The number of amides is 1. The lowest BCUT2D eigenvalue weighted by atomic mass is 9.84. The molecule has 162 valence electrons. The van der Waals surface area contributed by atoms with Gasteiger partial charge in [-0.25, -0.2) is 4.79 Å². The number of carbonyl (C=O) groups is 1. The van der Waals surface area contributed by atoms with Gasteiger partial charge in [0.15, 0.2) is 0 Å². The van der Waals surface area contributed by atoms with Crippen LogP contribution in [0.2, 0.25) is 0 Å². The molecule has 0 aliphatic heterocycles. The zero-order chi connectivity index (χ0) is 22.3. The van der Waals surface area contributed by atoms with Crippen LogP contribution in [-0.2, 0) is 9.48 Å². The third-order valence-electron chi connectivity index (χ3n) is 4.99. The minimum absolute atomic E-state index is 0.294. The summed E-state index contributed by atoms with van der Waals surface area (Å²) in [7, 11) is 1.80. The van der Waals surface area contributed by atoms with Crippen molar-refractivity contribution in [2.24, 2.45) is 0 Å². The van der Waals surface area contributed by atoms with Gasteiger partial charge in [-0.1, -0.05) is 91.0 Å². The molecule has 3 nitrogen and oxygen atoms in total. The van der Waals surface area contributed by atoms with Gasteiger partial charge in [0.1, 0.15) is 5.60 Å². The van der Waals surface area contributed by atoms with E-state index in [9.17, 15) is 4.79 Å². The van der Waals surface area contributed by atoms with Crippen LogP contribution in [0.15, 0.2) is 91.0 Å². The average Bonchev–Trinajstić information content (AvgIpc) is 2.77. The summed E-state index contributed by atoms with van der Waals surface area (Å²) < 4.78 is 5.14. The van der Waals surface area contributed by atoms with Gasteiger partial charge in [-0.3, -0.25) is 0 Å². The van der Waals surface area contributed by atoms with Crippen LogP contribution in [0.5, 0.6) is 0 Å². The molecule has 0 bridgehead atoms. The molecule has 0 saturated carbocycles. The van der Waals surface area contributed by atoms with E-state index in [-0.39, 0.29) is 10.8 Å². The Morgan fingerprint density at radius 2 is 1.16 bits per heavy atom. The van der Waals surface area contributed by atoms with Gasteiger partial charge in [-0.2, -0.15) is 0 Å². The Bertz CT molecular complexity index is 856. The molecule has 3 aromatic rings. The van der Waals surface area contributed by atoms with Gasteiger partial charge in [0, 0.05) is 19.3 Å². The zero-order valence-corrected chi connectivity index (χ0v) is 19.6. The van der Waals surface area contributed by atoms with Crippen LogP contribution in [0.1, 0.15) is 37.5 Å². The summed E-state index contributed by atoms with van der Waals surface area (Å²) in [6, 6.07) is 31.8. The Balaban J connectivity index is 1.94. The van der Waals surface area contributed by atoms with Gasteiger partial charge >= 0.3 is 6.09 Å². The zero-order valence-electron chi connectivity index (χ0n) is 18.7. The van der Waals surface area contributed by atoms with Crippen molar-refractivity contribution in [3.05, 3.63) is 108 Å². The molecular weight excluding hydrogens is 402 g/mol. The molecule has 3 rings (SSSR count). The summed E-state index contributed by atoms with van der Waals surface area (Å²) in [6.07, 6.45) is -0.294. The highest BCUT2D eigenvalue weighted by Crippen LogP contribution is 2.48. The molecule has 0 radical (unpaired) electrons. The molecule has 0 atom stereocenters. The van der Waals surface area contributed by atoms with Crippen LogP contribution in [0.3, 0.4) is 0 Å². The van der Waals surface area contributed by atoms with E-state index in [0.717, 1.165) is 5.75 Å². The van der Waals surface area contributed by atoms with Crippen molar-refractivity contribution in [2.45, 2.75) is 31.1 Å².